The van der Waals surface area contributed by atoms with E-state index < -0.39 is 0 Å². The number of carbonyl (C=O) groups is 1. The Morgan fingerprint density at radius 3 is 2.50 bits per heavy atom. The highest BCUT2D eigenvalue weighted by molar-refractivity contribution is 5.76. The van der Waals surface area contributed by atoms with Crippen molar-refractivity contribution in [3.05, 3.63) is 0 Å². The van der Waals surface area contributed by atoms with Crippen LogP contribution in [-0.4, -0.2) is 11.6 Å². The third-order valence-electron chi connectivity index (χ3n) is 4.87. The number of ether oxygens (including phenoxy) is 1. The molecule has 2 nitrogen and oxygen atoms in total. The van der Waals surface area contributed by atoms with Gasteiger partial charge in [0, 0.05) is 5.92 Å². The van der Waals surface area contributed by atoms with E-state index in [1.165, 1.54) is 12.8 Å². The predicted molar refractivity (Wildman–Crippen MR) is 64.0 cm³/mol. The monoisotopic (exact) mass is 224 g/mol. The summed E-state index contributed by atoms with van der Waals surface area (Å²) in [5.41, 5.74) is -0.427. The number of hydrogen-bond acceptors (Lipinski definition) is 2. The van der Waals surface area contributed by atoms with E-state index in [9.17, 15) is 4.79 Å². The molecule has 2 saturated carbocycles. The Hall–Kier alpha value is -0.530. The molecule has 0 bridgehead atoms. The molecule has 0 aliphatic heterocycles. The molecule has 3 atom stereocenters. The van der Waals surface area contributed by atoms with Gasteiger partial charge in [0.2, 0.25) is 0 Å². The van der Waals surface area contributed by atoms with Gasteiger partial charge in [-0.05, 0) is 51.9 Å². The summed E-state index contributed by atoms with van der Waals surface area (Å²) in [6, 6.07) is 0. The maximum Gasteiger partial charge on any atom is 0.312 e. The molecular formula is C14H24O2. The molecule has 0 aromatic carbocycles. The summed E-state index contributed by atoms with van der Waals surface area (Å²) in [7, 11) is 0. The molecular weight excluding hydrogens is 200 g/mol. The number of hydrogen-bond donors (Lipinski definition) is 0. The second-order valence-corrected chi connectivity index (χ2v) is 6.19. The van der Waals surface area contributed by atoms with Crippen molar-refractivity contribution < 1.29 is 9.53 Å². The van der Waals surface area contributed by atoms with Crippen LogP contribution in [0.3, 0.4) is 0 Å². The van der Waals surface area contributed by atoms with Gasteiger partial charge in [-0.1, -0.05) is 13.8 Å². The highest BCUT2D eigenvalue weighted by Crippen LogP contribution is 2.60. The van der Waals surface area contributed by atoms with Crippen molar-refractivity contribution >= 4 is 5.97 Å². The van der Waals surface area contributed by atoms with Crippen LogP contribution in [0.5, 0.6) is 0 Å². The van der Waals surface area contributed by atoms with E-state index in [0.717, 1.165) is 25.2 Å². The highest BCUT2D eigenvalue weighted by atomic mass is 16.6. The van der Waals surface area contributed by atoms with Gasteiger partial charge in [0.1, 0.15) is 5.60 Å². The predicted octanol–water partition coefficient (Wildman–Crippen LogP) is 3.54. The molecule has 2 aliphatic rings. The van der Waals surface area contributed by atoms with Crippen molar-refractivity contribution in [2.24, 2.45) is 17.3 Å². The lowest BCUT2D eigenvalue weighted by molar-refractivity contribution is -0.173. The molecule has 0 radical (unpaired) electrons. The lowest BCUT2D eigenvalue weighted by Gasteiger charge is -2.34. The lowest BCUT2D eigenvalue weighted by Crippen LogP contribution is -2.39. The molecule has 0 heterocycles. The van der Waals surface area contributed by atoms with Crippen molar-refractivity contribution in [1.29, 1.82) is 0 Å². The van der Waals surface area contributed by atoms with Gasteiger partial charge in [-0.25, -0.2) is 0 Å². The number of rotatable bonds is 4. The minimum Gasteiger partial charge on any atom is -0.458 e. The second-order valence-electron chi connectivity index (χ2n) is 6.19. The zero-order valence-electron chi connectivity index (χ0n) is 11.0. The quantitative estimate of drug-likeness (QED) is 0.683. The van der Waals surface area contributed by atoms with Gasteiger partial charge in [0.15, 0.2) is 0 Å². The van der Waals surface area contributed by atoms with Gasteiger partial charge in [0.05, 0.1) is 5.41 Å². The van der Waals surface area contributed by atoms with Crippen LogP contribution in [0.1, 0.15) is 59.8 Å². The van der Waals surface area contributed by atoms with E-state index in [1.54, 1.807) is 0 Å². The summed E-state index contributed by atoms with van der Waals surface area (Å²) in [4.78, 5) is 12.2. The van der Waals surface area contributed by atoms with Crippen molar-refractivity contribution in [1.82, 2.24) is 0 Å². The molecule has 2 rings (SSSR count). The van der Waals surface area contributed by atoms with E-state index in [4.69, 9.17) is 4.74 Å². The molecule has 3 unspecified atom stereocenters. The highest BCUT2D eigenvalue weighted by Gasteiger charge is 2.59. The summed E-state index contributed by atoms with van der Waals surface area (Å²) in [5.74, 6) is 1.54. The van der Waals surface area contributed by atoms with Crippen LogP contribution in [0.2, 0.25) is 0 Å². The van der Waals surface area contributed by atoms with Gasteiger partial charge < -0.3 is 4.74 Å². The van der Waals surface area contributed by atoms with Gasteiger partial charge >= 0.3 is 5.97 Å². The lowest BCUT2D eigenvalue weighted by atomic mass is 9.88. The van der Waals surface area contributed by atoms with Crippen LogP contribution in [-0.2, 0) is 9.53 Å². The molecule has 0 saturated heterocycles. The summed E-state index contributed by atoms with van der Waals surface area (Å²) in [6.07, 6.45) is 5.47. The van der Waals surface area contributed by atoms with E-state index >= 15 is 0 Å². The van der Waals surface area contributed by atoms with E-state index in [-0.39, 0.29) is 17.0 Å². The molecule has 2 fully saturated rings. The first kappa shape index (κ1) is 11.9. The Morgan fingerprint density at radius 1 is 1.44 bits per heavy atom. The van der Waals surface area contributed by atoms with Crippen LogP contribution < -0.4 is 0 Å². The van der Waals surface area contributed by atoms with Crippen LogP contribution in [0.25, 0.3) is 0 Å². The smallest absolute Gasteiger partial charge is 0.312 e. The molecule has 0 aromatic rings. The SMILES string of the molecule is CCC(C)(C)C(=O)OC1(CC)CCC2CC21. The molecule has 0 N–H and O–H groups in total. The van der Waals surface area contributed by atoms with E-state index in [2.05, 4.69) is 13.8 Å². The first-order chi connectivity index (χ1) is 7.45. The fourth-order valence-electron chi connectivity index (χ4n) is 2.93. The van der Waals surface area contributed by atoms with Gasteiger partial charge in [-0.3, -0.25) is 4.79 Å². The van der Waals surface area contributed by atoms with Crippen LogP contribution in [0.4, 0.5) is 0 Å². The zero-order valence-corrected chi connectivity index (χ0v) is 11.0. The van der Waals surface area contributed by atoms with E-state index in [0.29, 0.717) is 5.92 Å². The standard InChI is InChI=1S/C14H24O2/c1-5-13(3,4)12(15)16-14(6-2)8-7-10-9-11(10)14/h10-11H,5-9H2,1-4H3. The largest absolute Gasteiger partial charge is 0.458 e. The maximum atomic E-state index is 12.2. The van der Waals surface area contributed by atoms with Crippen LogP contribution in [0, 0.1) is 17.3 Å². The Kier molecular flexibility index (Phi) is 2.80. The Morgan fingerprint density at radius 2 is 2.12 bits per heavy atom. The number of carbonyl (C=O) groups excluding carboxylic acids is 1. The summed E-state index contributed by atoms with van der Waals surface area (Å²) in [5, 5.41) is 0. The Balaban J connectivity index is 2.05. The molecule has 0 aromatic heterocycles. The average Bonchev–Trinajstić information content (AvgIpc) is 2.98. The summed E-state index contributed by atoms with van der Waals surface area (Å²) in [6.45, 7) is 8.18. The Labute approximate surface area is 98.7 Å². The zero-order chi connectivity index (χ0) is 12.0. The minimum atomic E-state index is -0.324. The number of esters is 1. The second kappa shape index (κ2) is 3.75. The fourth-order valence-corrected chi connectivity index (χ4v) is 2.93. The molecule has 16 heavy (non-hydrogen) atoms. The van der Waals surface area contributed by atoms with Crippen LogP contribution >= 0.6 is 0 Å². The fraction of sp³-hybridized carbons (Fsp3) is 0.929. The third-order valence-corrected chi connectivity index (χ3v) is 4.87. The van der Waals surface area contributed by atoms with Gasteiger partial charge in [-0.2, -0.15) is 0 Å². The first-order valence-corrected chi connectivity index (χ1v) is 6.68. The van der Waals surface area contributed by atoms with Crippen molar-refractivity contribution in [3.8, 4) is 0 Å². The average molecular weight is 224 g/mol. The minimum absolute atomic E-state index is 0.00407. The van der Waals surface area contributed by atoms with Crippen molar-refractivity contribution in [2.75, 3.05) is 0 Å². The normalized spacial score (nSPS) is 37.0. The van der Waals surface area contributed by atoms with E-state index in [1.807, 2.05) is 13.8 Å². The van der Waals surface area contributed by atoms with Gasteiger partial charge in [-0.15, -0.1) is 0 Å². The van der Waals surface area contributed by atoms with Crippen molar-refractivity contribution in [3.63, 3.8) is 0 Å². The Bertz CT molecular complexity index is 295. The first-order valence-electron chi connectivity index (χ1n) is 6.68. The maximum absolute atomic E-state index is 12.2. The molecule has 0 amide bonds. The molecule has 0 spiro atoms. The van der Waals surface area contributed by atoms with Crippen molar-refractivity contribution in [2.45, 2.75) is 65.4 Å². The van der Waals surface area contributed by atoms with Crippen LogP contribution in [0.15, 0.2) is 0 Å². The number of fused-ring (bicyclic) bond motifs is 1. The topological polar surface area (TPSA) is 26.3 Å². The molecule has 92 valence electrons. The third kappa shape index (κ3) is 1.76. The summed E-state index contributed by atoms with van der Waals surface area (Å²) >= 11 is 0. The molecule has 2 heteroatoms. The molecule has 2 aliphatic carbocycles. The summed E-state index contributed by atoms with van der Waals surface area (Å²) < 4.78 is 5.92. The van der Waals surface area contributed by atoms with Gasteiger partial charge in [0.25, 0.3) is 0 Å².